The normalized spacial score (nSPS) is 24.0. The SMILES string of the molecule is COc1ccc(C(NC(=O)N2C(=O)C(=O)N(CCOCc3ccccc3)CC2C)C(=O)N[C@@H](Cc2cccc(C(=O)OC(C)(C)C)c2OC)B2O[C@@H]3C[C@@H]4C[C@@H](C4(C)C)[C@]3(C)O2)c(Cl)c1OC. The lowest BCUT2D eigenvalue weighted by molar-refractivity contribution is -0.199. The number of nitrogens with one attached hydrogen (secondary N) is 2. The van der Waals surface area contributed by atoms with E-state index in [9.17, 15) is 19.2 Å². The summed E-state index contributed by atoms with van der Waals surface area (Å²) in [7, 11) is 3.27. The van der Waals surface area contributed by atoms with E-state index in [0.29, 0.717) is 18.1 Å². The van der Waals surface area contributed by atoms with Gasteiger partial charge in [0.2, 0.25) is 5.91 Å². The summed E-state index contributed by atoms with van der Waals surface area (Å²) in [6.45, 7) is 14.1. The first-order valence-electron chi connectivity index (χ1n) is 22.7. The van der Waals surface area contributed by atoms with Crippen molar-refractivity contribution in [3.63, 3.8) is 0 Å². The van der Waals surface area contributed by atoms with Crippen molar-refractivity contribution in [3.8, 4) is 17.2 Å². The number of methoxy groups -OCH3 is 3. The van der Waals surface area contributed by atoms with E-state index in [1.165, 1.54) is 38.4 Å². The highest BCUT2D eigenvalue weighted by Gasteiger charge is 2.68. The molecule has 2 bridgehead atoms. The fourth-order valence-electron chi connectivity index (χ4n) is 10.2. The predicted molar refractivity (Wildman–Crippen MR) is 249 cm³/mol. The second-order valence-corrected chi connectivity index (χ2v) is 19.9. The van der Waals surface area contributed by atoms with E-state index in [0.717, 1.165) is 23.3 Å². The van der Waals surface area contributed by atoms with Gasteiger partial charge in [0.25, 0.3) is 0 Å². The van der Waals surface area contributed by atoms with Crippen LogP contribution in [-0.2, 0) is 46.2 Å². The lowest BCUT2D eigenvalue weighted by Gasteiger charge is -2.64. The lowest BCUT2D eigenvalue weighted by Crippen LogP contribution is -2.65. The van der Waals surface area contributed by atoms with E-state index in [4.69, 9.17) is 44.6 Å². The van der Waals surface area contributed by atoms with Crippen LogP contribution in [0.1, 0.15) is 94.4 Å². The lowest BCUT2D eigenvalue weighted by atomic mass is 9.43. The maximum Gasteiger partial charge on any atom is 0.482 e. The quantitative estimate of drug-likeness (QED) is 0.0705. The van der Waals surface area contributed by atoms with Crippen molar-refractivity contribution in [1.82, 2.24) is 20.4 Å². The Kier molecular flexibility index (Phi) is 14.6. The molecule has 8 rings (SSSR count). The van der Waals surface area contributed by atoms with Gasteiger partial charge in [-0.05, 0) is 94.4 Å². The van der Waals surface area contributed by atoms with Crippen LogP contribution < -0.4 is 24.8 Å². The van der Waals surface area contributed by atoms with Gasteiger partial charge in [0.05, 0.1) is 63.3 Å². The molecule has 2 N–H and O–H groups in total. The number of nitrogens with zero attached hydrogens (tertiary/aromatic N) is 2. The van der Waals surface area contributed by atoms with E-state index < -0.39 is 66.1 Å². The summed E-state index contributed by atoms with van der Waals surface area (Å²) in [5.74, 6) is -3.03. The highest BCUT2D eigenvalue weighted by atomic mass is 35.5. The van der Waals surface area contributed by atoms with E-state index in [2.05, 4.69) is 31.4 Å². The van der Waals surface area contributed by atoms with Gasteiger partial charge in [-0.25, -0.2) is 9.59 Å². The van der Waals surface area contributed by atoms with Crippen molar-refractivity contribution < 1.29 is 57.0 Å². The third kappa shape index (κ3) is 9.97. The van der Waals surface area contributed by atoms with E-state index >= 15 is 4.79 Å². The molecule has 5 amide bonds. The number of para-hydroxylation sites is 1. The summed E-state index contributed by atoms with van der Waals surface area (Å²) < 4.78 is 42.1. The average Bonchev–Trinajstić information content (AvgIpc) is 3.65. The van der Waals surface area contributed by atoms with Crippen molar-refractivity contribution >= 4 is 48.4 Å². The molecule has 3 aliphatic carbocycles. The molecule has 2 unspecified atom stereocenters. The smallest absolute Gasteiger partial charge is 0.482 e. The molecular formula is C49H62BClN4O12. The standard InChI is InChI=1S/C49H62BClN4O12/c1-28-26-54(21-22-64-27-29-15-12-11-13-16-29)43(57)44(58)55(28)46(60)53-39(32-19-20-34(61-8)41(63-10)38(32)51)42(56)52-37(50-66-36-25-31-24-35(48(31,5)6)49(36,7)67-50)23-30-17-14-18-33(40(30)62-9)45(59)65-47(2,3)4/h11-20,28,31,35-37,39H,21-27H2,1-10H3,(H,52,56)(H,53,60)/t28?,31-,35-,36+,37-,39?,49-/m0/s1. The maximum atomic E-state index is 15.1. The van der Waals surface area contributed by atoms with E-state index in [-0.39, 0.29) is 77.0 Å². The first-order valence-corrected chi connectivity index (χ1v) is 23.1. The number of hydrogen-bond acceptors (Lipinski definition) is 12. The number of carbonyl (C=O) groups is 5. The summed E-state index contributed by atoms with van der Waals surface area (Å²) >= 11 is 6.98. The molecule has 3 aromatic carbocycles. The summed E-state index contributed by atoms with van der Waals surface area (Å²) in [5, 5.41) is 5.78. The fourth-order valence-corrected chi connectivity index (χ4v) is 10.6. The molecule has 0 radical (unpaired) electrons. The van der Waals surface area contributed by atoms with Crippen LogP contribution in [0.2, 0.25) is 5.02 Å². The molecule has 16 nitrogen and oxygen atoms in total. The molecule has 2 heterocycles. The Bertz CT molecular complexity index is 2360. The van der Waals surface area contributed by atoms with Crippen molar-refractivity contribution in [2.45, 2.75) is 110 Å². The Balaban J connectivity index is 1.19. The van der Waals surface area contributed by atoms with Crippen molar-refractivity contribution in [2.24, 2.45) is 17.3 Å². The number of hydrogen-bond donors (Lipinski definition) is 2. The number of ether oxygens (including phenoxy) is 5. The second-order valence-electron chi connectivity index (χ2n) is 19.6. The summed E-state index contributed by atoms with van der Waals surface area (Å²) in [6, 6.07) is 14.3. The fraction of sp³-hybridized carbons (Fsp3) is 0.531. The van der Waals surface area contributed by atoms with Gasteiger partial charge >= 0.3 is 30.9 Å². The van der Waals surface area contributed by atoms with Crippen LogP contribution >= 0.6 is 11.6 Å². The Morgan fingerprint density at radius 3 is 2.28 bits per heavy atom. The topological polar surface area (TPSA) is 180 Å². The van der Waals surface area contributed by atoms with Gasteiger partial charge in [0.1, 0.15) is 23.0 Å². The predicted octanol–water partition coefficient (Wildman–Crippen LogP) is 6.34. The Labute approximate surface area is 397 Å². The summed E-state index contributed by atoms with van der Waals surface area (Å²) in [5.41, 5.74) is 0.350. The van der Waals surface area contributed by atoms with Gasteiger partial charge in [-0.3, -0.25) is 19.3 Å². The number of imide groups is 1. The van der Waals surface area contributed by atoms with Gasteiger partial charge in [-0.1, -0.05) is 74.0 Å². The summed E-state index contributed by atoms with van der Waals surface area (Å²) in [4.78, 5) is 72.5. The molecule has 3 aromatic rings. The zero-order chi connectivity index (χ0) is 48.6. The Morgan fingerprint density at radius 1 is 0.910 bits per heavy atom. The minimum absolute atomic E-state index is 0.0182. The molecule has 7 atom stereocenters. The van der Waals surface area contributed by atoms with Crippen LogP contribution in [0.3, 0.4) is 0 Å². The first-order chi connectivity index (χ1) is 31.7. The molecule has 2 saturated heterocycles. The zero-order valence-corrected chi connectivity index (χ0v) is 40.7. The van der Waals surface area contributed by atoms with Gasteiger partial charge in [-0.15, -0.1) is 0 Å². The van der Waals surface area contributed by atoms with Gasteiger partial charge in [0.15, 0.2) is 11.5 Å². The third-order valence-electron chi connectivity index (χ3n) is 13.8. The molecule has 0 aromatic heterocycles. The molecule has 360 valence electrons. The second kappa shape index (κ2) is 19.7. The number of carbonyl (C=O) groups excluding carboxylic acids is 5. The van der Waals surface area contributed by atoms with E-state index in [1.54, 1.807) is 45.9 Å². The molecule has 5 fully saturated rings. The number of esters is 1. The third-order valence-corrected chi connectivity index (χ3v) is 14.2. The van der Waals surface area contributed by atoms with Crippen molar-refractivity contribution in [1.29, 1.82) is 0 Å². The molecule has 67 heavy (non-hydrogen) atoms. The molecule has 3 saturated carbocycles. The average molecular weight is 945 g/mol. The minimum Gasteiger partial charge on any atom is -0.496 e. The largest absolute Gasteiger partial charge is 0.496 e. The van der Waals surface area contributed by atoms with Gasteiger partial charge in [-0.2, -0.15) is 0 Å². The van der Waals surface area contributed by atoms with E-state index in [1.807, 2.05) is 30.3 Å². The molecular weight excluding hydrogens is 883 g/mol. The van der Waals surface area contributed by atoms with Crippen LogP contribution in [0.25, 0.3) is 0 Å². The van der Waals surface area contributed by atoms with Crippen molar-refractivity contribution in [3.05, 3.63) is 87.9 Å². The molecule has 0 spiro atoms. The number of piperazine rings is 1. The Morgan fingerprint density at radius 2 is 1.63 bits per heavy atom. The molecule has 5 aliphatic rings. The van der Waals surface area contributed by atoms with Crippen LogP contribution in [0.5, 0.6) is 17.2 Å². The van der Waals surface area contributed by atoms with Crippen LogP contribution in [0.15, 0.2) is 60.7 Å². The number of rotatable bonds is 16. The number of benzene rings is 3. The van der Waals surface area contributed by atoms with Gasteiger partial charge < -0.3 is 48.5 Å². The molecule has 2 aliphatic heterocycles. The number of halogens is 1. The number of amides is 5. The first kappa shape index (κ1) is 49.5. The zero-order valence-electron chi connectivity index (χ0n) is 39.9. The van der Waals surface area contributed by atoms with Crippen molar-refractivity contribution in [2.75, 3.05) is 41.0 Å². The maximum absolute atomic E-state index is 15.1. The highest BCUT2D eigenvalue weighted by molar-refractivity contribution is 6.48. The highest BCUT2D eigenvalue weighted by Crippen LogP contribution is 2.65. The summed E-state index contributed by atoms with van der Waals surface area (Å²) in [6.07, 6.45) is 1.53. The van der Waals surface area contributed by atoms with Crippen LogP contribution in [-0.4, -0.2) is 117 Å². The minimum atomic E-state index is -1.58. The van der Waals surface area contributed by atoms with Gasteiger partial charge in [0, 0.05) is 18.7 Å². The van der Waals surface area contributed by atoms with Crippen LogP contribution in [0.4, 0.5) is 4.79 Å². The Hall–Kier alpha value is -5.36. The molecule has 18 heteroatoms. The number of urea groups is 1. The monoisotopic (exact) mass is 944 g/mol. The van der Waals surface area contributed by atoms with Crippen LogP contribution in [0, 0.1) is 17.3 Å².